The molecule has 0 N–H and O–H groups in total. The van der Waals surface area contributed by atoms with Gasteiger partial charge in [0.05, 0.1) is 0 Å². The first kappa shape index (κ1) is 22.2. The van der Waals surface area contributed by atoms with Crippen LogP contribution >= 0.6 is 0 Å². The number of likely N-dealkylation sites (tertiary alicyclic amines) is 1. The molecule has 1 saturated heterocycles. The summed E-state index contributed by atoms with van der Waals surface area (Å²) in [6.45, 7) is 12.6. The molecule has 0 saturated carbocycles. The lowest BCUT2D eigenvalue weighted by Crippen LogP contribution is -2.46. The quantitative estimate of drug-likeness (QED) is 0.466. The number of rotatable bonds is 3. The highest BCUT2D eigenvalue weighted by atomic mass is 16.2. The van der Waals surface area contributed by atoms with E-state index in [0.717, 1.165) is 44.7 Å². The summed E-state index contributed by atoms with van der Waals surface area (Å²) in [5.74, 6) is 0.267. The molecular weight excluding hydrogens is 404 g/mol. The lowest BCUT2D eigenvalue weighted by molar-refractivity contribution is -0.120. The van der Waals surface area contributed by atoms with Gasteiger partial charge in [-0.05, 0) is 72.3 Å². The first-order valence-corrected chi connectivity index (χ1v) is 12.3. The highest BCUT2D eigenvalue weighted by molar-refractivity contribution is 5.96. The van der Waals surface area contributed by atoms with Crippen molar-refractivity contribution in [2.45, 2.75) is 58.9 Å². The molecule has 3 aromatic carbocycles. The van der Waals surface area contributed by atoms with E-state index < -0.39 is 0 Å². The third-order valence-electron chi connectivity index (χ3n) is 7.49. The predicted molar refractivity (Wildman–Crippen MR) is 138 cm³/mol. The fourth-order valence-electron chi connectivity index (χ4n) is 5.72. The fourth-order valence-corrected chi connectivity index (χ4v) is 5.72. The first-order valence-electron chi connectivity index (χ1n) is 12.3. The number of anilines is 1. The lowest BCUT2D eigenvalue weighted by Gasteiger charge is -2.40. The molecule has 3 aromatic rings. The van der Waals surface area contributed by atoms with Gasteiger partial charge in [0.15, 0.2) is 0 Å². The SMILES string of the molecule is Cc1ccc2c(c1)C1(CCN(Cc3ccc4ccccc4c3)CC1)CN2C(=O)CC(C)(C)C. The molecule has 3 nitrogen and oxygen atoms in total. The molecule has 172 valence electrons. The summed E-state index contributed by atoms with van der Waals surface area (Å²) in [6, 6.07) is 22.1. The van der Waals surface area contributed by atoms with Crippen molar-refractivity contribution in [3.63, 3.8) is 0 Å². The van der Waals surface area contributed by atoms with Crippen molar-refractivity contribution in [2.75, 3.05) is 24.5 Å². The minimum atomic E-state index is 0.000910. The number of nitrogens with zero attached hydrogens (tertiary/aromatic N) is 2. The van der Waals surface area contributed by atoms with E-state index >= 15 is 0 Å². The van der Waals surface area contributed by atoms with E-state index in [4.69, 9.17) is 0 Å². The predicted octanol–water partition coefficient (Wildman–Crippen LogP) is 6.46. The van der Waals surface area contributed by atoms with Gasteiger partial charge < -0.3 is 4.90 Å². The van der Waals surface area contributed by atoms with Crippen LogP contribution in [0.2, 0.25) is 0 Å². The second-order valence-corrected chi connectivity index (χ2v) is 11.5. The van der Waals surface area contributed by atoms with Gasteiger partial charge in [0.2, 0.25) is 5.91 Å². The number of hydrogen-bond acceptors (Lipinski definition) is 2. The van der Waals surface area contributed by atoms with Crippen LogP contribution in [0.15, 0.2) is 60.7 Å². The molecule has 0 radical (unpaired) electrons. The van der Waals surface area contributed by atoms with Crippen molar-refractivity contribution >= 4 is 22.4 Å². The third-order valence-corrected chi connectivity index (χ3v) is 7.49. The summed E-state index contributed by atoms with van der Waals surface area (Å²) >= 11 is 0. The Hall–Kier alpha value is -2.65. The third kappa shape index (κ3) is 4.44. The molecule has 0 aliphatic carbocycles. The number of aryl methyl sites for hydroxylation is 1. The molecule has 1 amide bonds. The maximum absolute atomic E-state index is 13.3. The molecule has 1 fully saturated rings. The number of hydrogen-bond donors (Lipinski definition) is 0. The monoisotopic (exact) mass is 440 g/mol. The zero-order chi connectivity index (χ0) is 23.2. The second kappa shape index (κ2) is 8.29. The largest absolute Gasteiger partial charge is 0.311 e. The summed E-state index contributed by atoms with van der Waals surface area (Å²) in [7, 11) is 0. The highest BCUT2D eigenvalue weighted by Gasteiger charge is 2.46. The average molecular weight is 441 g/mol. The minimum Gasteiger partial charge on any atom is -0.311 e. The van der Waals surface area contributed by atoms with Gasteiger partial charge in [-0.3, -0.25) is 9.69 Å². The van der Waals surface area contributed by atoms with Gasteiger partial charge in [-0.2, -0.15) is 0 Å². The van der Waals surface area contributed by atoms with Crippen LogP contribution in [0, 0.1) is 12.3 Å². The maximum atomic E-state index is 13.3. The van der Waals surface area contributed by atoms with Crippen molar-refractivity contribution in [1.29, 1.82) is 0 Å². The molecule has 2 aliphatic heterocycles. The van der Waals surface area contributed by atoms with E-state index in [-0.39, 0.29) is 16.7 Å². The summed E-state index contributed by atoms with van der Waals surface area (Å²) in [5, 5.41) is 2.62. The van der Waals surface area contributed by atoms with Crippen molar-refractivity contribution in [3.05, 3.63) is 77.4 Å². The number of piperidine rings is 1. The Kier molecular flexibility index (Phi) is 5.56. The Morgan fingerprint density at radius 2 is 1.67 bits per heavy atom. The number of carbonyl (C=O) groups is 1. The van der Waals surface area contributed by atoms with E-state index in [1.807, 2.05) is 0 Å². The van der Waals surface area contributed by atoms with Gasteiger partial charge in [0.25, 0.3) is 0 Å². The van der Waals surface area contributed by atoms with Crippen LogP contribution in [-0.2, 0) is 16.8 Å². The molecule has 33 heavy (non-hydrogen) atoms. The van der Waals surface area contributed by atoms with Crippen LogP contribution in [0.25, 0.3) is 10.8 Å². The summed E-state index contributed by atoms with van der Waals surface area (Å²) in [5.41, 5.74) is 5.31. The second-order valence-electron chi connectivity index (χ2n) is 11.5. The first-order chi connectivity index (χ1) is 15.7. The summed E-state index contributed by atoms with van der Waals surface area (Å²) in [4.78, 5) is 17.9. The fraction of sp³-hybridized carbons (Fsp3) is 0.433. The van der Waals surface area contributed by atoms with Crippen LogP contribution in [0.5, 0.6) is 0 Å². The summed E-state index contributed by atoms with van der Waals surface area (Å²) in [6.07, 6.45) is 2.80. The normalized spacial score (nSPS) is 18.1. The molecule has 5 rings (SSSR count). The van der Waals surface area contributed by atoms with Crippen molar-refractivity contribution in [2.24, 2.45) is 5.41 Å². The van der Waals surface area contributed by atoms with E-state index in [2.05, 4.69) is 98.2 Å². The topological polar surface area (TPSA) is 23.6 Å². The van der Waals surface area contributed by atoms with Gasteiger partial charge in [0.1, 0.15) is 0 Å². The molecule has 1 spiro atoms. The zero-order valence-electron chi connectivity index (χ0n) is 20.5. The van der Waals surface area contributed by atoms with Crippen molar-refractivity contribution in [3.8, 4) is 0 Å². The molecule has 2 heterocycles. The highest BCUT2D eigenvalue weighted by Crippen LogP contribution is 2.48. The van der Waals surface area contributed by atoms with Gasteiger partial charge in [-0.25, -0.2) is 0 Å². The smallest absolute Gasteiger partial charge is 0.227 e. The Labute approximate surface area is 198 Å². The number of fused-ring (bicyclic) bond motifs is 3. The lowest BCUT2D eigenvalue weighted by atomic mass is 9.74. The molecular formula is C30H36N2O. The molecule has 0 aromatic heterocycles. The molecule has 2 aliphatic rings. The summed E-state index contributed by atoms with van der Waals surface area (Å²) < 4.78 is 0. The van der Waals surface area contributed by atoms with E-state index in [0.29, 0.717) is 6.42 Å². The van der Waals surface area contributed by atoms with Crippen LogP contribution in [0.1, 0.15) is 56.7 Å². The molecule has 0 unspecified atom stereocenters. The Bertz CT molecular complexity index is 1180. The van der Waals surface area contributed by atoms with Crippen molar-refractivity contribution in [1.82, 2.24) is 4.90 Å². The molecule has 0 bridgehead atoms. The van der Waals surface area contributed by atoms with E-state index in [1.54, 1.807) is 0 Å². The van der Waals surface area contributed by atoms with E-state index in [1.165, 1.54) is 27.5 Å². The van der Waals surface area contributed by atoms with Crippen molar-refractivity contribution < 1.29 is 4.79 Å². The van der Waals surface area contributed by atoms with Gasteiger partial charge in [0, 0.05) is 30.6 Å². The Morgan fingerprint density at radius 3 is 2.39 bits per heavy atom. The zero-order valence-corrected chi connectivity index (χ0v) is 20.5. The Morgan fingerprint density at radius 1 is 0.939 bits per heavy atom. The minimum absolute atomic E-state index is 0.000910. The van der Waals surface area contributed by atoms with E-state index in [9.17, 15) is 4.79 Å². The molecule has 3 heteroatoms. The maximum Gasteiger partial charge on any atom is 0.227 e. The van der Waals surface area contributed by atoms with Crippen LogP contribution in [0.3, 0.4) is 0 Å². The number of carbonyl (C=O) groups excluding carboxylic acids is 1. The van der Waals surface area contributed by atoms with Crippen LogP contribution in [0.4, 0.5) is 5.69 Å². The standard InChI is InChI=1S/C30H36N2O/c1-22-9-12-27-26(17-22)30(21-32(27)28(33)19-29(2,3)4)13-15-31(16-14-30)20-23-10-11-24-7-5-6-8-25(24)18-23/h5-12,17-18H,13-16,19-21H2,1-4H3. The molecule has 0 atom stereocenters. The number of amides is 1. The average Bonchev–Trinajstić information content (AvgIpc) is 3.08. The van der Waals surface area contributed by atoms with Crippen LogP contribution < -0.4 is 4.90 Å². The number of benzene rings is 3. The van der Waals surface area contributed by atoms with Gasteiger partial charge >= 0.3 is 0 Å². The van der Waals surface area contributed by atoms with Crippen LogP contribution in [-0.4, -0.2) is 30.4 Å². The Balaban J connectivity index is 1.33. The van der Waals surface area contributed by atoms with Gasteiger partial charge in [-0.1, -0.05) is 74.9 Å². The van der Waals surface area contributed by atoms with Gasteiger partial charge in [-0.15, -0.1) is 0 Å².